The molecule has 20 heavy (non-hydrogen) atoms. The Morgan fingerprint density at radius 1 is 1.00 bits per heavy atom. The Labute approximate surface area is 117 Å². The van der Waals surface area contributed by atoms with Crippen molar-refractivity contribution in [3.63, 3.8) is 0 Å². The van der Waals surface area contributed by atoms with Crippen LogP contribution in [-0.2, 0) is 0 Å². The van der Waals surface area contributed by atoms with Crippen molar-refractivity contribution in [2.75, 3.05) is 7.11 Å². The van der Waals surface area contributed by atoms with Crippen molar-refractivity contribution in [2.24, 2.45) is 0 Å². The molecule has 0 aliphatic carbocycles. The minimum Gasteiger partial charge on any atom is -0.496 e. The zero-order chi connectivity index (χ0) is 13.9. The number of methoxy groups -OCH3 is 1. The van der Waals surface area contributed by atoms with E-state index in [9.17, 15) is 0 Å². The summed E-state index contributed by atoms with van der Waals surface area (Å²) in [6.45, 7) is 2.04. The van der Waals surface area contributed by atoms with E-state index in [0.717, 1.165) is 11.1 Å². The Bertz CT molecular complexity index is 717. The molecule has 0 spiro atoms. The molecule has 0 atom stereocenters. The van der Waals surface area contributed by atoms with Gasteiger partial charge in [-0.25, -0.2) is 0 Å². The van der Waals surface area contributed by atoms with Gasteiger partial charge in [-0.2, -0.15) is 4.98 Å². The summed E-state index contributed by atoms with van der Waals surface area (Å²) >= 11 is 0. The van der Waals surface area contributed by atoms with E-state index in [2.05, 4.69) is 10.1 Å². The molecule has 0 amide bonds. The maximum atomic E-state index is 5.34. The highest BCUT2D eigenvalue weighted by Gasteiger charge is 2.13. The number of aromatic nitrogens is 2. The molecule has 0 unspecified atom stereocenters. The van der Waals surface area contributed by atoms with Crippen LogP contribution < -0.4 is 4.74 Å². The number of ether oxygens (including phenoxy) is 1. The van der Waals surface area contributed by atoms with Gasteiger partial charge in [-0.15, -0.1) is 0 Å². The molecule has 1 aromatic heterocycles. The van der Waals surface area contributed by atoms with Gasteiger partial charge in [-0.05, 0) is 19.1 Å². The van der Waals surface area contributed by atoms with Crippen molar-refractivity contribution in [3.05, 3.63) is 54.1 Å². The second-order valence-corrected chi connectivity index (χ2v) is 4.49. The fourth-order valence-corrected chi connectivity index (χ4v) is 1.97. The van der Waals surface area contributed by atoms with Crippen LogP contribution in [0, 0.1) is 6.92 Å². The smallest absolute Gasteiger partial charge is 0.262 e. The molecule has 4 heteroatoms. The summed E-state index contributed by atoms with van der Waals surface area (Å²) in [5.41, 5.74) is 2.92. The Balaban J connectivity index is 2.00. The first-order valence-electron chi connectivity index (χ1n) is 6.32. The Kier molecular flexibility index (Phi) is 3.21. The van der Waals surface area contributed by atoms with Crippen LogP contribution in [0.3, 0.4) is 0 Å². The average molecular weight is 266 g/mol. The number of nitrogens with zero attached hydrogens (tertiary/aromatic N) is 2. The number of benzene rings is 2. The first-order valence-corrected chi connectivity index (χ1v) is 6.32. The minimum atomic E-state index is 0.457. The molecule has 0 bridgehead atoms. The lowest BCUT2D eigenvalue weighted by molar-refractivity contribution is 0.405. The average Bonchev–Trinajstić information content (AvgIpc) is 2.97. The van der Waals surface area contributed by atoms with Gasteiger partial charge in [0.25, 0.3) is 5.89 Å². The second kappa shape index (κ2) is 5.17. The van der Waals surface area contributed by atoms with Gasteiger partial charge in [-0.1, -0.05) is 47.1 Å². The summed E-state index contributed by atoms with van der Waals surface area (Å²) in [5, 5.41) is 4.03. The highest BCUT2D eigenvalue weighted by Crippen LogP contribution is 2.29. The van der Waals surface area contributed by atoms with Crippen molar-refractivity contribution >= 4 is 0 Å². The van der Waals surface area contributed by atoms with Crippen LogP contribution in [0.5, 0.6) is 5.75 Å². The number of para-hydroxylation sites is 1. The van der Waals surface area contributed by atoms with Crippen LogP contribution in [-0.4, -0.2) is 17.3 Å². The van der Waals surface area contributed by atoms with Gasteiger partial charge in [0.05, 0.1) is 12.7 Å². The normalized spacial score (nSPS) is 10.5. The third-order valence-corrected chi connectivity index (χ3v) is 3.07. The summed E-state index contributed by atoms with van der Waals surface area (Å²) in [6, 6.07) is 15.6. The molecule has 0 N–H and O–H groups in total. The summed E-state index contributed by atoms with van der Waals surface area (Å²) < 4.78 is 10.6. The van der Waals surface area contributed by atoms with E-state index in [4.69, 9.17) is 9.26 Å². The van der Waals surface area contributed by atoms with Gasteiger partial charge in [0.2, 0.25) is 5.82 Å². The lowest BCUT2D eigenvalue weighted by Gasteiger charge is -2.02. The molecule has 100 valence electrons. The summed E-state index contributed by atoms with van der Waals surface area (Å²) in [5.74, 6) is 1.75. The van der Waals surface area contributed by atoms with Crippen LogP contribution >= 0.6 is 0 Å². The van der Waals surface area contributed by atoms with Crippen molar-refractivity contribution in [1.29, 1.82) is 0 Å². The predicted octanol–water partition coefficient (Wildman–Crippen LogP) is 3.72. The number of hydrogen-bond donors (Lipinski definition) is 0. The second-order valence-electron chi connectivity index (χ2n) is 4.49. The molecular formula is C16H14N2O2. The molecule has 0 radical (unpaired) electrons. The van der Waals surface area contributed by atoms with Gasteiger partial charge >= 0.3 is 0 Å². The maximum Gasteiger partial charge on any atom is 0.262 e. The SMILES string of the molecule is COc1ccccc1-c1nc(-c2ccc(C)cc2)no1. The molecule has 1 heterocycles. The van der Waals surface area contributed by atoms with E-state index in [1.807, 2.05) is 55.5 Å². The number of aryl methyl sites for hydroxylation is 1. The van der Waals surface area contributed by atoms with Crippen molar-refractivity contribution < 1.29 is 9.26 Å². The molecule has 2 aromatic carbocycles. The lowest BCUT2D eigenvalue weighted by Crippen LogP contribution is -1.87. The fourth-order valence-electron chi connectivity index (χ4n) is 1.97. The maximum absolute atomic E-state index is 5.34. The minimum absolute atomic E-state index is 0.457. The van der Waals surface area contributed by atoms with Gasteiger partial charge in [0, 0.05) is 5.56 Å². The Hall–Kier alpha value is -2.62. The van der Waals surface area contributed by atoms with Gasteiger partial charge in [-0.3, -0.25) is 0 Å². The van der Waals surface area contributed by atoms with Gasteiger partial charge in [0.1, 0.15) is 5.75 Å². The quantitative estimate of drug-likeness (QED) is 0.725. The standard InChI is InChI=1S/C16H14N2O2/c1-11-7-9-12(10-8-11)15-17-16(20-18-15)13-5-3-4-6-14(13)19-2/h3-10H,1-2H3. The monoisotopic (exact) mass is 266 g/mol. The van der Waals surface area contributed by atoms with Gasteiger partial charge < -0.3 is 9.26 Å². The molecule has 0 fully saturated rings. The van der Waals surface area contributed by atoms with E-state index in [1.165, 1.54) is 5.56 Å². The summed E-state index contributed by atoms with van der Waals surface area (Å²) in [6.07, 6.45) is 0. The molecular weight excluding hydrogens is 252 g/mol. The Morgan fingerprint density at radius 3 is 2.50 bits per heavy atom. The third-order valence-electron chi connectivity index (χ3n) is 3.07. The van der Waals surface area contributed by atoms with Crippen molar-refractivity contribution in [2.45, 2.75) is 6.92 Å². The van der Waals surface area contributed by atoms with Crippen LogP contribution in [0.4, 0.5) is 0 Å². The molecule has 0 saturated heterocycles. The zero-order valence-electron chi connectivity index (χ0n) is 11.3. The Morgan fingerprint density at radius 2 is 1.75 bits per heavy atom. The fraction of sp³-hybridized carbons (Fsp3) is 0.125. The van der Waals surface area contributed by atoms with E-state index in [1.54, 1.807) is 7.11 Å². The highest BCUT2D eigenvalue weighted by molar-refractivity contribution is 5.65. The predicted molar refractivity (Wildman–Crippen MR) is 76.5 cm³/mol. The molecule has 4 nitrogen and oxygen atoms in total. The first kappa shape index (κ1) is 12.4. The highest BCUT2D eigenvalue weighted by atomic mass is 16.5. The van der Waals surface area contributed by atoms with Crippen molar-refractivity contribution in [3.8, 4) is 28.6 Å². The number of hydrogen-bond acceptors (Lipinski definition) is 4. The molecule has 0 saturated carbocycles. The molecule has 0 aliphatic rings. The van der Waals surface area contributed by atoms with Crippen LogP contribution in [0.2, 0.25) is 0 Å². The topological polar surface area (TPSA) is 48.2 Å². The largest absolute Gasteiger partial charge is 0.496 e. The van der Waals surface area contributed by atoms with Gasteiger partial charge in [0.15, 0.2) is 0 Å². The van der Waals surface area contributed by atoms with Crippen LogP contribution in [0.15, 0.2) is 53.1 Å². The summed E-state index contributed by atoms with van der Waals surface area (Å²) in [4.78, 5) is 4.43. The van der Waals surface area contributed by atoms with Crippen LogP contribution in [0.25, 0.3) is 22.8 Å². The van der Waals surface area contributed by atoms with Crippen molar-refractivity contribution in [1.82, 2.24) is 10.1 Å². The first-order chi connectivity index (χ1) is 9.78. The van der Waals surface area contributed by atoms with E-state index in [-0.39, 0.29) is 0 Å². The summed E-state index contributed by atoms with van der Waals surface area (Å²) in [7, 11) is 1.62. The van der Waals surface area contributed by atoms with E-state index >= 15 is 0 Å². The molecule has 0 aliphatic heterocycles. The zero-order valence-corrected chi connectivity index (χ0v) is 11.3. The van der Waals surface area contributed by atoms with Crippen LogP contribution in [0.1, 0.15) is 5.56 Å². The molecule has 3 rings (SSSR count). The van der Waals surface area contributed by atoms with E-state index < -0.39 is 0 Å². The molecule has 3 aromatic rings. The third kappa shape index (κ3) is 2.28. The van der Waals surface area contributed by atoms with E-state index in [0.29, 0.717) is 17.5 Å². The number of rotatable bonds is 3. The lowest BCUT2D eigenvalue weighted by atomic mass is 10.1.